The van der Waals surface area contributed by atoms with Crippen molar-refractivity contribution in [1.29, 1.82) is 0 Å². The molecule has 5 rings (SSSR count). The van der Waals surface area contributed by atoms with E-state index in [1.807, 2.05) is 54.6 Å². The minimum absolute atomic E-state index is 0.0353. The van der Waals surface area contributed by atoms with Crippen LogP contribution < -0.4 is 10.6 Å². The van der Waals surface area contributed by atoms with Gasteiger partial charge in [-0.25, -0.2) is 9.59 Å². The molecule has 254 valence electrons. The van der Waals surface area contributed by atoms with Crippen molar-refractivity contribution in [1.82, 2.24) is 10.6 Å². The fourth-order valence-corrected chi connectivity index (χ4v) is 6.62. The Hall–Kier alpha value is -5.58. The molecular weight excluding hydrogens is 626 g/mol. The number of nitrogens with zero attached hydrogens (tertiary/aromatic N) is 1. The zero-order valence-corrected chi connectivity index (χ0v) is 27.9. The van der Waals surface area contributed by atoms with Crippen LogP contribution >= 0.6 is 0 Å². The second-order valence-electron chi connectivity index (χ2n) is 12.4. The van der Waals surface area contributed by atoms with Crippen molar-refractivity contribution in [3.8, 4) is 11.1 Å². The van der Waals surface area contributed by atoms with E-state index >= 15 is 0 Å². The van der Waals surface area contributed by atoms with E-state index in [-0.39, 0.29) is 28.5 Å². The number of Topliss-reactive ketones (excluding diaryl/α,β-unsaturated/α-hetero) is 1. The number of benzene rings is 3. The molecule has 49 heavy (non-hydrogen) atoms. The zero-order valence-electron chi connectivity index (χ0n) is 27.9. The standard InChI is InChI=1S/C38H39N3O8/c1-5-10-24-19-30-34(31(42)20-24)33(27-17-15-26(16-18-27)25-11-7-6-8-12-25)32(22(2)39-30)37(44)49-23(3)35(38(45)48-4)40-36(43)28-13-9-14-29(21-28)41(46)47/h6-9,11-18,21,23-24,33,35,39H,5,10,19-20H2,1-4H3,(H,40,43)/t23-,24?,33?,35+/m1/s1. The molecular formula is C38H39N3O8. The van der Waals surface area contributed by atoms with E-state index in [1.165, 1.54) is 25.1 Å². The highest BCUT2D eigenvalue weighted by molar-refractivity contribution is 6.04. The number of esters is 2. The monoisotopic (exact) mass is 665 g/mol. The molecule has 0 radical (unpaired) electrons. The van der Waals surface area contributed by atoms with Gasteiger partial charge < -0.3 is 20.1 Å². The van der Waals surface area contributed by atoms with Gasteiger partial charge in [0.2, 0.25) is 0 Å². The lowest BCUT2D eigenvalue weighted by Gasteiger charge is -2.37. The maximum atomic E-state index is 14.1. The highest BCUT2D eigenvalue weighted by Gasteiger charge is 2.42. The molecule has 3 aromatic rings. The van der Waals surface area contributed by atoms with Crippen LogP contribution in [0.25, 0.3) is 11.1 Å². The number of nitro benzene ring substituents is 1. The van der Waals surface area contributed by atoms with Gasteiger partial charge in [-0.1, -0.05) is 74.0 Å². The quantitative estimate of drug-likeness (QED) is 0.139. The number of non-ortho nitro benzene ring substituents is 1. The van der Waals surface area contributed by atoms with Crippen LogP contribution in [0.4, 0.5) is 5.69 Å². The third-order valence-corrected chi connectivity index (χ3v) is 9.00. The molecule has 3 aromatic carbocycles. The summed E-state index contributed by atoms with van der Waals surface area (Å²) < 4.78 is 10.8. The second-order valence-corrected chi connectivity index (χ2v) is 12.4. The van der Waals surface area contributed by atoms with Crippen LogP contribution in [0.2, 0.25) is 0 Å². The van der Waals surface area contributed by atoms with Crippen LogP contribution in [0, 0.1) is 16.0 Å². The maximum Gasteiger partial charge on any atom is 0.337 e. The average molecular weight is 666 g/mol. The van der Waals surface area contributed by atoms with E-state index in [2.05, 4.69) is 17.6 Å². The summed E-state index contributed by atoms with van der Waals surface area (Å²) in [5, 5.41) is 17.1. The number of carbonyl (C=O) groups is 4. The molecule has 1 aliphatic carbocycles. The van der Waals surface area contributed by atoms with Gasteiger partial charge in [0.05, 0.1) is 17.6 Å². The van der Waals surface area contributed by atoms with E-state index in [0.717, 1.165) is 48.4 Å². The summed E-state index contributed by atoms with van der Waals surface area (Å²) in [5.41, 5.74) is 4.43. The first-order valence-electron chi connectivity index (χ1n) is 16.3. The van der Waals surface area contributed by atoms with Gasteiger partial charge in [-0.2, -0.15) is 0 Å². The van der Waals surface area contributed by atoms with Crippen molar-refractivity contribution in [2.45, 2.75) is 64.5 Å². The number of allylic oxidation sites excluding steroid dienone is 3. The first-order chi connectivity index (χ1) is 23.5. The topological polar surface area (TPSA) is 154 Å². The number of methoxy groups -OCH3 is 1. The Morgan fingerprint density at radius 3 is 2.35 bits per heavy atom. The Morgan fingerprint density at radius 1 is 1.00 bits per heavy atom. The molecule has 1 heterocycles. The Kier molecular flexibility index (Phi) is 10.7. The minimum atomic E-state index is -1.44. The van der Waals surface area contributed by atoms with Crippen LogP contribution in [-0.2, 0) is 23.9 Å². The largest absolute Gasteiger partial charge is 0.467 e. The number of carbonyl (C=O) groups excluding carboxylic acids is 4. The Balaban J connectivity index is 1.46. The van der Waals surface area contributed by atoms with E-state index in [4.69, 9.17) is 9.47 Å². The lowest BCUT2D eigenvalue weighted by molar-refractivity contribution is -0.384. The van der Waals surface area contributed by atoms with Crippen molar-refractivity contribution >= 4 is 29.3 Å². The van der Waals surface area contributed by atoms with Crippen molar-refractivity contribution in [2.75, 3.05) is 7.11 Å². The summed E-state index contributed by atoms with van der Waals surface area (Å²) in [6, 6.07) is 21.2. The summed E-state index contributed by atoms with van der Waals surface area (Å²) in [5.74, 6) is -3.02. The molecule has 2 aliphatic rings. The molecule has 2 N–H and O–H groups in total. The van der Waals surface area contributed by atoms with Gasteiger partial charge >= 0.3 is 11.9 Å². The molecule has 4 atom stereocenters. The summed E-state index contributed by atoms with van der Waals surface area (Å²) in [7, 11) is 1.13. The van der Waals surface area contributed by atoms with Gasteiger partial charge in [0.15, 0.2) is 11.8 Å². The number of ketones is 1. The van der Waals surface area contributed by atoms with Crippen molar-refractivity contribution < 1.29 is 33.6 Å². The highest BCUT2D eigenvalue weighted by atomic mass is 16.6. The van der Waals surface area contributed by atoms with Crippen molar-refractivity contribution in [2.24, 2.45) is 5.92 Å². The number of nitro groups is 1. The van der Waals surface area contributed by atoms with E-state index in [9.17, 15) is 29.3 Å². The second kappa shape index (κ2) is 15.1. The number of amides is 1. The Bertz CT molecular complexity index is 1830. The third kappa shape index (κ3) is 7.61. The maximum absolute atomic E-state index is 14.1. The molecule has 11 heteroatoms. The van der Waals surface area contributed by atoms with Gasteiger partial charge in [0.25, 0.3) is 11.6 Å². The average Bonchev–Trinajstić information content (AvgIpc) is 3.10. The van der Waals surface area contributed by atoms with Gasteiger partial charge in [-0.3, -0.25) is 19.7 Å². The van der Waals surface area contributed by atoms with Gasteiger partial charge in [-0.05, 0) is 55.4 Å². The lowest BCUT2D eigenvalue weighted by Crippen LogP contribution is -2.50. The van der Waals surface area contributed by atoms with Gasteiger partial charge in [0.1, 0.15) is 6.10 Å². The van der Waals surface area contributed by atoms with Crippen LogP contribution in [0.5, 0.6) is 0 Å². The molecule has 11 nitrogen and oxygen atoms in total. The smallest absolute Gasteiger partial charge is 0.337 e. The fourth-order valence-electron chi connectivity index (χ4n) is 6.62. The number of hydrogen-bond donors (Lipinski definition) is 2. The molecule has 0 aromatic heterocycles. The molecule has 0 bridgehead atoms. The van der Waals surface area contributed by atoms with Crippen LogP contribution in [-0.4, -0.2) is 47.8 Å². The molecule has 0 spiro atoms. The number of ether oxygens (including phenoxy) is 2. The Morgan fingerprint density at radius 2 is 1.69 bits per heavy atom. The molecule has 0 saturated carbocycles. The van der Waals surface area contributed by atoms with E-state index < -0.39 is 40.8 Å². The number of rotatable bonds is 11. The summed E-state index contributed by atoms with van der Waals surface area (Å²) in [4.78, 5) is 64.5. The van der Waals surface area contributed by atoms with E-state index in [1.54, 1.807) is 6.92 Å². The third-order valence-electron chi connectivity index (χ3n) is 9.00. The fraction of sp³-hybridized carbons (Fsp3) is 0.316. The summed E-state index contributed by atoms with van der Waals surface area (Å²) in [6.45, 7) is 5.29. The predicted molar refractivity (Wildman–Crippen MR) is 182 cm³/mol. The molecule has 0 fully saturated rings. The van der Waals surface area contributed by atoms with E-state index in [0.29, 0.717) is 24.1 Å². The van der Waals surface area contributed by atoms with Crippen molar-refractivity contribution in [3.05, 3.63) is 123 Å². The van der Waals surface area contributed by atoms with Crippen molar-refractivity contribution in [3.63, 3.8) is 0 Å². The normalized spacial score (nSPS) is 18.5. The minimum Gasteiger partial charge on any atom is -0.467 e. The SMILES string of the molecule is CCCC1CC(=O)C2=C(C1)NC(C)=C(C(=O)O[C@H](C)[C@H](NC(=O)c1cccc([N+](=O)[O-])c1)C(=O)OC)C2c1ccc(-c2ccccc2)cc1. The highest BCUT2D eigenvalue weighted by Crippen LogP contribution is 2.45. The van der Waals surface area contributed by atoms with Gasteiger partial charge in [-0.15, -0.1) is 0 Å². The van der Waals surface area contributed by atoms with Crippen LogP contribution in [0.3, 0.4) is 0 Å². The molecule has 1 amide bonds. The summed E-state index contributed by atoms with van der Waals surface area (Å²) in [6.07, 6.45) is 1.69. The summed E-state index contributed by atoms with van der Waals surface area (Å²) >= 11 is 0. The Labute approximate surface area is 284 Å². The number of hydrogen-bond acceptors (Lipinski definition) is 9. The lowest BCUT2D eigenvalue weighted by atomic mass is 9.72. The van der Waals surface area contributed by atoms with Gasteiger partial charge in [0, 0.05) is 47.0 Å². The number of nitrogens with one attached hydrogen (secondary N) is 2. The van der Waals surface area contributed by atoms with Crippen LogP contribution in [0.1, 0.15) is 68.3 Å². The molecule has 2 unspecified atom stereocenters. The first kappa shape index (κ1) is 34.7. The molecule has 0 saturated heterocycles. The molecule has 1 aliphatic heterocycles. The predicted octanol–water partition coefficient (Wildman–Crippen LogP) is 6.16. The van der Waals surface area contributed by atoms with Crippen LogP contribution in [0.15, 0.2) is 101 Å². The first-order valence-corrected chi connectivity index (χ1v) is 16.3. The zero-order chi connectivity index (χ0) is 35.2. The number of dihydropyridines is 1.